The van der Waals surface area contributed by atoms with Crippen LogP contribution >= 0.6 is 0 Å². The number of benzene rings is 1. The summed E-state index contributed by atoms with van der Waals surface area (Å²) in [5.74, 6) is -2.36. The van der Waals surface area contributed by atoms with Gasteiger partial charge in [-0.05, 0) is 30.3 Å². The lowest BCUT2D eigenvalue weighted by atomic mass is 10.1. The first kappa shape index (κ1) is 15.9. The maximum Gasteiger partial charge on any atom is 0.270 e. The monoisotopic (exact) mass is 306 g/mol. The Morgan fingerprint density at radius 1 is 1.14 bits per heavy atom. The van der Waals surface area contributed by atoms with Crippen LogP contribution in [0.3, 0.4) is 0 Å². The van der Waals surface area contributed by atoms with Crippen LogP contribution in [0.25, 0.3) is 0 Å². The lowest BCUT2D eigenvalue weighted by molar-refractivity contribution is 0.0174. The number of nitrogens with zero attached hydrogens (tertiary/aromatic N) is 2. The molecule has 0 saturated carbocycles. The maximum absolute atomic E-state index is 13.1. The largest absolute Gasteiger partial charge is 0.439 e. The van der Waals surface area contributed by atoms with Crippen LogP contribution in [0.2, 0.25) is 0 Å². The summed E-state index contributed by atoms with van der Waals surface area (Å²) in [4.78, 5) is 17.2. The number of carbonyl (C=O) groups is 1. The number of halogens is 2. The summed E-state index contributed by atoms with van der Waals surface area (Å²) in [7, 11) is 3.30. The number of rotatable bonds is 4. The van der Waals surface area contributed by atoms with Crippen molar-refractivity contribution in [1.29, 1.82) is 0 Å². The van der Waals surface area contributed by atoms with Crippen LogP contribution in [-0.4, -0.2) is 29.9 Å². The molecule has 0 radical (unpaired) electrons. The van der Waals surface area contributed by atoms with E-state index in [2.05, 4.69) is 4.98 Å². The van der Waals surface area contributed by atoms with Crippen LogP contribution in [0.15, 0.2) is 42.6 Å². The van der Waals surface area contributed by atoms with Gasteiger partial charge in [-0.25, -0.2) is 13.8 Å². The summed E-state index contributed by atoms with van der Waals surface area (Å²) < 4.78 is 31.7. The number of carbonyl (C=O) groups excluding carboxylic acids is 1. The second-order valence-corrected chi connectivity index (χ2v) is 5.10. The van der Waals surface area contributed by atoms with Gasteiger partial charge in [0, 0.05) is 38.8 Å². The molecular weight excluding hydrogens is 290 g/mol. The minimum absolute atomic E-state index is 0.0836. The molecule has 0 bridgehead atoms. The standard InChI is InChI=1S/C16H16F2N2O2/c1-16(17,18)12-5-7-13(8-6-12)22-14-9-4-11(10-19-14)15(21)20(2)3/h4-10H,1-3H3. The Bertz CT molecular complexity index is 647. The maximum atomic E-state index is 13.1. The molecule has 0 fully saturated rings. The van der Waals surface area contributed by atoms with Crippen LogP contribution in [0.1, 0.15) is 22.8 Å². The molecule has 1 aromatic heterocycles. The summed E-state index contributed by atoms with van der Waals surface area (Å²) in [6, 6.07) is 8.66. The minimum Gasteiger partial charge on any atom is -0.439 e. The molecule has 1 amide bonds. The van der Waals surface area contributed by atoms with E-state index in [9.17, 15) is 13.6 Å². The Hall–Kier alpha value is -2.50. The van der Waals surface area contributed by atoms with Gasteiger partial charge >= 0.3 is 0 Å². The first-order chi connectivity index (χ1) is 10.3. The molecule has 22 heavy (non-hydrogen) atoms. The lowest BCUT2D eigenvalue weighted by Gasteiger charge is -2.12. The fraction of sp³-hybridized carbons (Fsp3) is 0.250. The van der Waals surface area contributed by atoms with Crippen molar-refractivity contribution in [1.82, 2.24) is 9.88 Å². The second kappa shape index (κ2) is 6.09. The molecular formula is C16H16F2N2O2. The first-order valence-electron chi connectivity index (χ1n) is 6.61. The van der Waals surface area contributed by atoms with Gasteiger partial charge in [-0.3, -0.25) is 4.79 Å². The van der Waals surface area contributed by atoms with Crippen molar-refractivity contribution in [3.8, 4) is 11.6 Å². The Kier molecular flexibility index (Phi) is 4.40. The second-order valence-electron chi connectivity index (χ2n) is 5.10. The van der Waals surface area contributed by atoms with Gasteiger partial charge in [0.15, 0.2) is 0 Å². The number of ether oxygens (including phenoxy) is 1. The summed E-state index contributed by atoms with van der Waals surface area (Å²) >= 11 is 0. The van der Waals surface area contributed by atoms with Crippen molar-refractivity contribution >= 4 is 5.91 Å². The molecule has 0 aliphatic carbocycles. The van der Waals surface area contributed by atoms with Gasteiger partial charge in [0.25, 0.3) is 11.8 Å². The van der Waals surface area contributed by atoms with Crippen LogP contribution in [0, 0.1) is 0 Å². The molecule has 6 heteroatoms. The Balaban J connectivity index is 2.09. The van der Waals surface area contributed by atoms with E-state index in [1.165, 1.54) is 35.4 Å². The van der Waals surface area contributed by atoms with E-state index >= 15 is 0 Å². The predicted molar refractivity (Wildman–Crippen MR) is 78.3 cm³/mol. The molecule has 116 valence electrons. The van der Waals surface area contributed by atoms with Gasteiger partial charge in [0.05, 0.1) is 5.56 Å². The molecule has 0 atom stereocenters. The number of hydrogen-bond acceptors (Lipinski definition) is 3. The van der Waals surface area contributed by atoms with E-state index in [1.807, 2.05) is 0 Å². The molecule has 0 N–H and O–H groups in total. The highest BCUT2D eigenvalue weighted by Crippen LogP contribution is 2.29. The first-order valence-corrected chi connectivity index (χ1v) is 6.61. The highest BCUT2D eigenvalue weighted by atomic mass is 19.3. The number of pyridine rings is 1. The normalized spacial score (nSPS) is 11.1. The van der Waals surface area contributed by atoms with E-state index in [4.69, 9.17) is 4.74 Å². The average molecular weight is 306 g/mol. The highest BCUT2D eigenvalue weighted by molar-refractivity contribution is 5.93. The van der Waals surface area contributed by atoms with E-state index < -0.39 is 5.92 Å². The molecule has 0 saturated heterocycles. The van der Waals surface area contributed by atoms with E-state index in [-0.39, 0.29) is 17.4 Å². The summed E-state index contributed by atoms with van der Waals surface area (Å²) in [5.41, 5.74) is 0.359. The molecule has 2 aromatic rings. The van der Waals surface area contributed by atoms with E-state index in [0.29, 0.717) is 11.3 Å². The topological polar surface area (TPSA) is 42.4 Å². The van der Waals surface area contributed by atoms with Crippen molar-refractivity contribution in [3.05, 3.63) is 53.7 Å². The van der Waals surface area contributed by atoms with Crippen LogP contribution in [0.5, 0.6) is 11.6 Å². The van der Waals surface area contributed by atoms with E-state index in [0.717, 1.165) is 6.92 Å². The zero-order valence-corrected chi connectivity index (χ0v) is 12.5. The van der Waals surface area contributed by atoms with Crippen molar-refractivity contribution in [2.24, 2.45) is 0 Å². The van der Waals surface area contributed by atoms with Crippen LogP contribution < -0.4 is 4.74 Å². The van der Waals surface area contributed by atoms with Gasteiger partial charge in [-0.15, -0.1) is 0 Å². The number of aromatic nitrogens is 1. The molecule has 1 heterocycles. The Morgan fingerprint density at radius 3 is 2.23 bits per heavy atom. The molecule has 0 aliphatic heterocycles. The van der Waals surface area contributed by atoms with Crippen molar-refractivity contribution in [2.75, 3.05) is 14.1 Å². The smallest absolute Gasteiger partial charge is 0.270 e. The zero-order valence-electron chi connectivity index (χ0n) is 12.5. The minimum atomic E-state index is -2.88. The zero-order chi connectivity index (χ0) is 16.3. The van der Waals surface area contributed by atoms with Crippen molar-refractivity contribution in [2.45, 2.75) is 12.8 Å². The molecule has 2 rings (SSSR count). The van der Waals surface area contributed by atoms with Gasteiger partial charge in [-0.1, -0.05) is 0 Å². The third-order valence-corrected chi connectivity index (χ3v) is 2.97. The summed E-state index contributed by atoms with van der Waals surface area (Å²) in [6.45, 7) is 0.838. The molecule has 0 aliphatic rings. The average Bonchev–Trinajstić information content (AvgIpc) is 2.47. The number of alkyl halides is 2. The number of amides is 1. The van der Waals surface area contributed by atoms with Crippen molar-refractivity contribution < 1.29 is 18.3 Å². The van der Waals surface area contributed by atoms with Crippen molar-refractivity contribution in [3.63, 3.8) is 0 Å². The van der Waals surface area contributed by atoms with Gasteiger partial charge in [0.1, 0.15) is 5.75 Å². The summed E-state index contributed by atoms with van der Waals surface area (Å²) in [6.07, 6.45) is 1.41. The molecule has 0 unspecified atom stereocenters. The predicted octanol–water partition coefficient (Wildman–Crippen LogP) is 3.69. The molecule has 4 nitrogen and oxygen atoms in total. The van der Waals surface area contributed by atoms with Gasteiger partial charge < -0.3 is 9.64 Å². The van der Waals surface area contributed by atoms with E-state index in [1.54, 1.807) is 26.2 Å². The summed E-state index contributed by atoms with van der Waals surface area (Å²) in [5, 5.41) is 0. The molecule has 1 aromatic carbocycles. The van der Waals surface area contributed by atoms with Crippen LogP contribution in [-0.2, 0) is 5.92 Å². The lowest BCUT2D eigenvalue weighted by Crippen LogP contribution is -2.21. The van der Waals surface area contributed by atoms with Gasteiger partial charge in [0.2, 0.25) is 5.88 Å². The highest BCUT2D eigenvalue weighted by Gasteiger charge is 2.23. The van der Waals surface area contributed by atoms with Crippen LogP contribution in [0.4, 0.5) is 8.78 Å². The Labute approximate surface area is 127 Å². The quantitative estimate of drug-likeness (QED) is 0.865. The third-order valence-electron chi connectivity index (χ3n) is 2.97. The fourth-order valence-corrected chi connectivity index (χ4v) is 1.76. The van der Waals surface area contributed by atoms with Gasteiger partial charge in [-0.2, -0.15) is 0 Å². The Morgan fingerprint density at radius 2 is 1.77 bits per heavy atom. The third kappa shape index (κ3) is 3.78. The number of hydrogen-bond donors (Lipinski definition) is 0. The molecule has 0 spiro atoms. The fourth-order valence-electron chi connectivity index (χ4n) is 1.76. The SMILES string of the molecule is CN(C)C(=O)c1ccc(Oc2ccc(C(C)(F)F)cc2)nc1.